The number of hydrogen-bond acceptors (Lipinski definition) is 4. The van der Waals surface area contributed by atoms with Crippen LogP contribution in [0.3, 0.4) is 0 Å². The normalized spacial score (nSPS) is 14.7. The molecule has 0 aliphatic carbocycles. The lowest BCUT2D eigenvalue weighted by Gasteiger charge is -2.12. The summed E-state index contributed by atoms with van der Waals surface area (Å²) in [7, 11) is -3.74. The Morgan fingerprint density at radius 3 is 2.61 bits per heavy atom. The number of benzene rings is 2. The monoisotopic (exact) mass is 399 g/mol. The fourth-order valence-electron chi connectivity index (χ4n) is 3.00. The van der Waals surface area contributed by atoms with Gasteiger partial charge < -0.3 is 5.32 Å². The quantitative estimate of drug-likeness (QED) is 0.819. The summed E-state index contributed by atoms with van der Waals surface area (Å²) in [6, 6.07) is 11.7. The largest absolute Gasteiger partial charge is 0.322 e. The van der Waals surface area contributed by atoms with Crippen LogP contribution in [0, 0.1) is 13.8 Å². The molecule has 0 spiro atoms. The van der Waals surface area contributed by atoms with E-state index in [4.69, 9.17) is 0 Å². The van der Waals surface area contributed by atoms with Gasteiger partial charge in [-0.2, -0.15) is 0 Å². The van der Waals surface area contributed by atoms with E-state index in [-0.39, 0.29) is 10.8 Å². The van der Waals surface area contributed by atoms with Gasteiger partial charge in [0, 0.05) is 24.2 Å². The average Bonchev–Trinajstić information content (AvgIpc) is 2.92. The van der Waals surface area contributed by atoms with Crippen molar-refractivity contribution in [3.63, 3.8) is 0 Å². The van der Waals surface area contributed by atoms with Crippen molar-refractivity contribution in [2.75, 3.05) is 11.9 Å². The lowest BCUT2D eigenvalue weighted by molar-refractivity contribution is 0.102. The standard InChI is InChI=1S/C21H25N3O3S/c1-15-10-11-17(13-16(15)2)21(25)23-18-7-6-8-19(14-18)28(26,27)24-20-9-4-3-5-12-22-20/h6-8,10-11,13-14H,3-5,9,12H2,1-2H3,(H,22,24)(H,23,25). The smallest absolute Gasteiger partial charge is 0.262 e. The van der Waals surface area contributed by atoms with E-state index in [1.54, 1.807) is 18.2 Å². The number of hydrogen-bond donors (Lipinski definition) is 2. The van der Waals surface area contributed by atoms with Crippen LogP contribution in [-0.4, -0.2) is 26.7 Å². The summed E-state index contributed by atoms with van der Waals surface area (Å²) < 4.78 is 28.0. The van der Waals surface area contributed by atoms with E-state index in [0.29, 0.717) is 30.1 Å². The molecule has 0 bridgehead atoms. The van der Waals surface area contributed by atoms with Gasteiger partial charge in [-0.05, 0) is 68.1 Å². The highest BCUT2D eigenvalue weighted by atomic mass is 32.2. The lowest BCUT2D eigenvalue weighted by atomic mass is 10.1. The maximum Gasteiger partial charge on any atom is 0.262 e. The molecule has 7 heteroatoms. The first kappa shape index (κ1) is 20.1. The molecule has 28 heavy (non-hydrogen) atoms. The molecular formula is C21H25N3O3S. The Kier molecular flexibility index (Phi) is 6.14. The molecule has 2 N–H and O–H groups in total. The SMILES string of the molecule is Cc1ccc(C(=O)Nc2cccc(S(=O)(=O)NC3=NCCCCC3)c2)cc1C. The van der Waals surface area contributed by atoms with Crippen molar-refractivity contribution in [3.05, 3.63) is 59.2 Å². The van der Waals surface area contributed by atoms with Crippen molar-refractivity contribution in [1.82, 2.24) is 4.72 Å². The van der Waals surface area contributed by atoms with Gasteiger partial charge in [0.05, 0.1) is 4.90 Å². The summed E-state index contributed by atoms with van der Waals surface area (Å²) >= 11 is 0. The molecule has 2 aromatic rings. The molecule has 0 saturated carbocycles. The van der Waals surface area contributed by atoms with Crippen molar-refractivity contribution < 1.29 is 13.2 Å². The first-order chi connectivity index (χ1) is 13.3. The van der Waals surface area contributed by atoms with Gasteiger partial charge in [0.15, 0.2) is 0 Å². The number of nitrogens with zero attached hydrogens (tertiary/aromatic N) is 1. The second-order valence-electron chi connectivity index (χ2n) is 7.03. The van der Waals surface area contributed by atoms with E-state index >= 15 is 0 Å². The number of aryl methyl sites for hydroxylation is 2. The number of amides is 1. The summed E-state index contributed by atoms with van der Waals surface area (Å²) in [5.41, 5.74) is 3.09. The van der Waals surface area contributed by atoms with Crippen LogP contribution in [0.15, 0.2) is 52.4 Å². The molecule has 3 rings (SSSR count). The maximum absolute atomic E-state index is 12.7. The number of carbonyl (C=O) groups excluding carboxylic acids is 1. The van der Waals surface area contributed by atoms with Crippen LogP contribution < -0.4 is 10.0 Å². The van der Waals surface area contributed by atoms with Gasteiger partial charge >= 0.3 is 0 Å². The van der Waals surface area contributed by atoms with Crippen LogP contribution in [0.25, 0.3) is 0 Å². The molecule has 6 nitrogen and oxygen atoms in total. The summed E-state index contributed by atoms with van der Waals surface area (Å²) in [6.07, 6.45) is 3.58. The number of aliphatic imine (C=N–C) groups is 1. The number of nitrogens with one attached hydrogen (secondary N) is 2. The third-order valence-electron chi connectivity index (χ3n) is 4.80. The zero-order valence-electron chi connectivity index (χ0n) is 16.2. The topological polar surface area (TPSA) is 87.6 Å². The maximum atomic E-state index is 12.7. The minimum Gasteiger partial charge on any atom is -0.322 e. The molecule has 1 heterocycles. The third kappa shape index (κ3) is 4.98. The zero-order chi connectivity index (χ0) is 20.1. The van der Waals surface area contributed by atoms with E-state index in [0.717, 1.165) is 30.4 Å². The fraction of sp³-hybridized carbons (Fsp3) is 0.333. The van der Waals surface area contributed by atoms with Crippen molar-refractivity contribution in [2.24, 2.45) is 4.99 Å². The number of carbonyl (C=O) groups is 1. The van der Waals surface area contributed by atoms with E-state index < -0.39 is 10.0 Å². The highest BCUT2D eigenvalue weighted by Gasteiger charge is 2.18. The Morgan fingerprint density at radius 1 is 1.00 bits per heavy atom. The van der Waals surface area contributed by atoms with Crippen LogP contribution in [0.4, 0.5) is 5.69 Å². The van der Waals surface area contributed by atoms with Gasteiger partial charge in [-0.1, -0.05) is 18.6 Å². The van der Waals surface area contributed by atoms with E-state index in [2.05, 4.69) is 15.0 Å². The fourth-order valence-corrected chi connectivity index (χ4v) is 4.13. The van der Waals surface area contributed by atoms with Gasteiger partial charge in [0.2, 0.25) is 0 Å². The van der Waals surface area contributed by atoms with Crippen LogP contribution in [-0.2, 0) is 10.0 Å². The molecule has 1 aliphatic heterocycles. The lowest BCUT2D eigenvalue weighted by Crippen LogP contribution is -2.30. The second-order valence-corrected chi connectivity index (χ2v) is 8.71. The van der Waals surface area contributed by atoms with Crippen LogP contribution in [0.2, 0.25) is 0 Å². The Morgan fingerprint density at radius 2 is 1.82 bits per heavy atom. The number of amidine groups is 1. The summed E-state index contributed by atoms with van der Waals surface area (Å²) in [6.45, 7) is 4.57. The van der Waals surface area contributed by atoms with Gasteiger partial charge in [-0.3, -0.25) is 14.5 Å². The Hall–Kier alpha value is -2.67. The highest BCUT2D eigenvalue weighted by Crippen LogP contribution is 2.18. The number of sulfonamides is 1. The molecule has 0 fully saturated rings. The molecule has 0 radical (unpaired) electrons. The van der Waals surface area contributed by atoms with Gasteiger partial charge in [0.25, 0.3) is 15.9 Å². The van der Waals surface area contributed by atoms with Gasteiger partial charge in [0.1, 0.15) is 5.84 Å². The molecule has 2 aromatic carbocycles. The molecule has 1 amide bonds. The number of anilines is 1. The van der Waals surface area contributed by atoms with Crippen molar-refractivity contribution in [2.45, 2.75) is 44.4 Å². The van der Waals surface area contributed by atoms with Crippen LogP contribution in [0.5, 0.6) is 0 Å². The molecule has 0 saturated heterocycles. The van der Waals surface area contributed by atoms with Crippen molar-refractivity contribution in [1.29, 1.82) is 0 Å². The molecule has 0 atom stereocenters. The molecule has 0 aromatic heterocycles. The predicted molar refractivity (Wildman–Crippen MR) is 111 cm³/mol. The minimum absolute atomic E-state index is 0.0948. The first-order valence-electron chi connectivity index (χ1n) is 9.40. The van der Waals surface area contributed by atoms with Crippen molar-refractivity contribution in [3.8, 4) is 0 Å². The zero-order valence-corrected chi connectivity index (χ0v) is 17.0. The van der Waals surface area contributed by atoms with Crippen LogP contribution >= 0.6 is 0 Å². The second kappa shape index (κ2) is 8.56. The Balaban J connectivity index is 1.76. The van der Waals surface area contributed by atoms with Gasteiger partial charge in [-0.25, -0.2) is 8.42 Å². The van der Waals surface area contributed by atoms with Gasteiger partial charge in [-0.15, -0.1) is 0 Å². The Bertz CT molecular complexity index is 1010. The third-order valence-corrected chi connectivity index (χ3v) is 6.18. The predicted octanol–water partition coefficient (Wildman–Crippen LogP) is 3.81. The molecular weight excluding hydrogens is 374 g/mol. The first-order valence-corrected chi connectivity index (χ1v) is 10.9. The van der Waals surface area contributed by atoms with E-state index in [9.17, 15) is 13.2 Å². The average molecular weight is 400 g/mol. The number of rotatable bonds is 4. The summed E-state index contributed by atoms with van der Waals surface area (Å²) in [5, 5.41) is 2.77. The van der Waals surface area contributed by atoms with Crippen LogP contribution in [0.1, 0.15) is 47.2 Å². The highest BCUT2D eigenvalue weighted by molar-refractivity contribution is 7.90. The molecule has 1 aliphatic rings. The molecule has 148 valence electrons. The summed E-state index contributed by atoms with van der Waals surface area (Å²) in [4.78, 5) is 16.9. The minimum atomic E-state index is -3.74. The van der Waals surface area contributed by atoms with E-state index in [1.165, 1.54) is 12.1 Å². The summed E-state index contributed by atoms with van der Waals surface area (Å²) in [5.74, 6) is 0.223. The van der Waals surface area contributed by atoms with E-state index in [1.807, 2.05) is 26.0 Å². The van der Waals surface area contributed by atoms with Crippen molar-refractivity contribution >= 4 is 27.5 Å². The Labute approximate surface area is 166 Å². The molecule has 0 unspecified atom stereocenters.